The van der Waals surface area contributed by atoms with Gasteiger partial charge in [-0.15, -0.1) is 0 Å². The number of benzene rings is 4. The Hall–Kier alpha value is -3.79. The summed E-state index contributed by atoms with van der Waals surface area (Å²) in [6.45, 7) is 2.65. The number of para-hydroxylation sites is 1. The maximum absolute atomic E-state index is 13.6. The number of fused-ring (bicyclic) bond motifs is 3. The van der Waals surface area contributed by atoms with Crippen LogP contribution in [-0.2, 0) is 11.3 Å². The SMILES string of the molecule is COc1cccc(C2CC(=O)N(Cc3ccccc3C)c3ccc4ccccc4c32)c1OC. The number of rotatable bonds is 5. The van der Waals surface area contributed by atoms with E-state index >= 15 is 0 Å². The molecule has 1 heterocycles. The minimum absolute atomic E-state index is 0.107. The Morgan fingerprint density at radius 2 is 1.67 bits per heavy atom. The number of anilines is 1. The first-order chi connectivity index (χ1) is 16.1. The first-order valence-corrected chi connectivity index (χ1v) is 11.2. The molecule has 0 aromatic heterocycles. The number of carbonyl (C=O) groups is 1. The van der Waals surface area contributed by atoms with Gasteiger partial charge in [0, 0.05) is 23.6 Å². The zero-order chi connectivity index (χ0) is 22.9. The van der Waals surface area contributed by atoms with E-state index in [0.717, 1.165) is 33.2 Å². The Kier molecular flexibility index (Phi) is 5.51. The van der Waals surface area contributed by atoms with E-state index in [9.17, 15) is 4.79 Å². The summed E-state index contributed by atoms with van der Waals surface area (Å²) in [5, 5.41) is 2.32. The van der Waals surface area contributed by atoms with Crippen molar-refractivity contribution >= 4 is 22.4 Å². The van der Waals surface area contributed by atoms with Crippen molar-refractivity contribution in [3.05, 3.63) is 101 Å². The van der Waals surface area contributed by atoms with Gasteiger partial charge >= 0.3 is 0 Å². The van der Waals surface area contributed by atoms with Crippen LogP contribution in [0.4, 0.5) is 5.69 Å². The van der Waals surface area contributed by atoms with Crippen LogP contribution in [0.3, 0.4) is 0 Å². The average molecular weight is 438 g/mol. The Labute approximate surface area is 194 Å². The van der Waals surface area contributed by atoms with Gasteiger partial charge in [-0.1, -0.05) is 66.7 Å². The van der Waals surface area contributed by atoms with Crippen molar-refractivity contribution in [2.45, 2.75) is 25.8 Å². The minimum Gasteiger partial charge on any atom is -0.493 e. The molecule has 0 bridgehead atoms. The van der Waals surface area contributed by atoms with Gasteiger partial charge < -0.3 is 14.4 Å². The van der Waals surface area contributed by atoms with Gasteiger partial charge in [-0.25, -0.2) is 0 Å². The van der Waals surface area contributed by atoms with Crippen LogP contribution in [0.25, 0.3) is 10.8 Å². The molecule has 1 amide bonds. The first kappa shape index (κ1) is 21.1. The number of methoxy groups -OCH3 is 2. The molecule has 0 spiro atoms. The fourth-order valence-corrected chi connectivity index (χ4v) is 4.99. The second-order valence-electron chi connectivity index (χ2n) is 8.47. The van der Waals surface area contributed by atoms with Gasteiger partial charge in [0.15, 0.2) is 11.5 Å². The highest BCUT2D eigenvalue weighted by Crippen LogP contribution is 2.48. The summed E-state index contributed by atoms with van der Waals surface area (Å²) >= 11 is 0. The zero-order valence-corrected chi connectivity index (χ0v) is 19.2. The lowest BCUT2D eigenvalue weighted by Gasteiger charge is -2.36. The molecule has 1 aliphatic rings. The molecule has 0 N–H and O–H groups in total. The standard InChI is InChI=1S/C29H27NO3/c1-19-9-4-5-11-21(19)18-30-25-16-15-20-10-6-7-12-22(20)28(25)24(17-27(30)31)23-13-8-14-26(32-2)29(23)33-3/h4-16,24H,17-18H2,1-3H3. The Morgan fingerprint density at radius 1 is 0.879 bits per heavy atom. The molecule has 0 saturated carbocycles. The summed E-state index contributed by atoms with van der Waals surface area (Å²) in [5.74, 6) is 1.34. The molecule has 1 atom stereocenters. The van der Waals surface area contributed by atoms with Crippen LogP contribution < -0.4 is 14.4 Å². The number of nitrogens with zero attached hydrogens (tertiary/aromatic N) is 1. The van der Waals surface area contributed by atoms with Crippen molar-refractivity contribution in [3.63, 3.8) is 0 Å². The smallest absolute Gasteiger partial charge is 0.228 e. The third-order valence-corrected chi connectivity index (χ3v) is 6.67. The molecule has 4 heteroatoms. The predicted molar refractivity (Wildman–Crippen MR) is 132 cm³/mol. The van der Waals surface area contributed by atoms with Crippen molar-refractivity contribution in [1.29, 1.82) is 0 Å². The molecule has 0 fully saturated rings. The van der Waals surface area contributed by atoms with E-state index in [1.807, 2.05) is 35.2 Å². The van der Waals surface area contributed by atoms with Gasteiger partial charge in [-0.05, 0) is 46.5 Å². The van der Waals surface area contributed by atoms with Crippen LogP contribution >= 0.6 is 0 Å². The second kappa shape index (κ2) is 8.62. The summed E-state index contributed by atoms with van der Waals surface area (Å²) < 4.78 is 11.3. The average Bonchev–Trinajstić information content (AvgIpc) is 2.85. The van der Waals surface area contributed by atoms with E-state index in [4.69, 9.17) is 9.47 Å². The highest BCUT2D eigenvalue weighted by atomic mass is 16.5. The molecule has 5 rings (SSSR count). The molecule has 166 valence electrons. The van der Waals surface area contributed by atoms with Crippen LogP contribution in [-0.4, -0.2) is 20.1 Å². The minimum atomic E-state index is -0.128. The van der Waals surface area contributed by atoms with E-state index in [1.54, 1.807) is 14.2 Å². The quantitative estimate of drug-likeness (QED) is 0.371. The van der Waals surface area contributed by atoms with Gasteiger partial charge in [0.05, 0.1) is 20.8 Å². The van der Waals surface area contributed by atoms with Crippen LogP contribution in [0.5, 0.6) is 11.5 Å². The summed E-state index contributed by atoms with van der Waals surface area (Å²) in [5.41, 5.74) is 5.43. The monoisotopic (exact) mass is 437 g/mol. The third kappa shape index (κ3) is 3.62. The molecular formula is C29H27NO3. The van der Waals surface area contributed by atoms with Gasteiger partial charge in [0.1, 0.15) is 0 Å². The number of ether oxygens (including phenoxy) is 2. The van der Waals surface area contributed by atoms with Crippen LogP contribution in [0, 0.1) is 6.92 Å². The fraction of sp³-hybridized carbons (Fsp3) is 0.207. The van der Waals surface area contributed by atoms with Gasteiger partial charge in [0.25, 0.3) is 0 Å². The third-order valence-electron chi connectivity index (χ3n) is 6.67. The zero-order valence-electron chi connectivity index (χ0n) is 19.2. The Bertz CT molecular complexity index is 1340. The van der Waals surface area contributed by atoms with Crippen molar-refractivity contribution in [2.24, 2.45) is 0 Å². The molecule has 33 heavy (non-hydrogen) atoms. The number of amides is 1. The topological polar surface area (TPSA) is 38.8 Å². The Morgan fingerprint density at radius 3 is 2.45 bits per heavy atom. The first-order valence-electron chi connectivity index (χ1n) is 11.2. The summed E-state index contributed by atoms with van der Waals surface area (Å²) in [7, 11) is 3.29. The predicted octanol–water partition coefficient (Wildman–Crippen LogP) is 6.23. The van der Waals surface area contributed by atoms with Crippen LogP contribution in [0.1, 0.15) is 34.6 Å². The second-order valence-corrected chi connectivity index (χ2v) is 8.47. The highest BCUT2D eigenvalue weighted by molar-refractivity contribution is 6.03. The molecule has 0 saturated heterocycles. The molecule has 4 nitrogen and oxygen atoms in total. The molecule has 1 unspecified atom stereocenters. The molecule has 4 aromatic rings. The lowest BCUT2D eigenvalue weighted by Crippen LogP contribution is -2.36. The summed E-state index contributed by atoms with van der Waals surface area (Å²) in [6.07, 6.45) is 0.371. The normalized spacial score (nSPS) is 15.4. The summed E-state index contributed by atoms with van der Waals surface area (Å²) in [6, 6.07) is 26.7. The number of carbonyl (C=O) groups excluding carboxylic acids is 1. The maximum atomic E-state index is 13.6. The number of hydrogen-bond acceptors (Lipinski definition) is 3. The summed E-state index contributed by atoms with van der Waals surface area (Å²) in [4.78, 5) is 15.5. The number of aryl methyl sites for hydroxylation is 1. The van der Waals surface area contributed by atoms with Crippen molar-refractivity contribution in [2.75, 3.05) is 19.1 Å². The molecule has 4 aromatic carbocycles. The fourth-order valence-electron chi connectivity index (χ4n) is 4.99. The van der Waals surface area contributed by atoms with Crippen LogP contribution in [0.2, 0.25) is 0 Å². The largest absolute Gasteiger partial charge is 0.493 e. The van der Waals surface area contributed by atoms with E-state index in [-0.39, 0.29) is 11.8 Å². The number of hydrogen-bond donors (Lipinski definition) is 0. The van der Waals surface area contributed by atoms with E-state index in [1.165, 1.54) is 5.56 Å². The maximum Gasteiger partial charge on any atom is 0.228 e. The Balaban J connectivity index is 1.72. The highest BCUT2D eigenvalue weighted by Gasteiger charge is 2.35. The van der Waals surface area contributed by atoms with E-state index in [0.29, 0.717) is 24.5 Å². The van der Waals surface area contributed by atoms with Gasteiger partial charge in [0.2, 0.25) is 5.91 Å². The van der Waals surface area contributed by atoms with Gasteiger partial charge in [-0.3, -0.25) is 4.79 Å². The lowest BCUT2D eigenvalue weighted by atomic mass is 9.80. The molecular weight excluding hydrogens is 410 g/mol. The van der Waals surface area contributed by atoms with Crippen molar-refractivity contribution < 1.29 is 14.3 Å². The molecule has 0 radical (unpaired) electrons. The van der Waals surface area contributed by atoms with Crippen molar-refractivity contribution in [3.8, 4) is 11.5 Å². The van der Waals surface area contributed by atoms with E-state index < -0.39 is 0 Å². The molecule has 1 aliphatic heterocycles. The molecule has 0 aliphatic carbocycles. The van der Waals surface area contributed by atoms with Crippen LogP contribution in [0.15, 0.2) is 78.9 Å². The van der Waals surface area contributed by atoms with Crippen molar-refractivity contribution in [1.82, 2.24) is 0 Å². The lowest BCUT2D eigenvalue weighted by molar-refractivity contribution is -0.119. The van der Waals surface area contributed by atoms with Gasteiger partial charge in [-0.2, -0.15) is 0 Å². The van der Waals surface area contributed by atoms with E-state index in [2.05, 4.69) is 55.5 Å².